The van der Waals surface area contributed by atoms with Crippen molar-refractivity contribution in [3.8, 4) is 5.75 Å². The normalized spacial score (nSPS) is 19.4. The van der Waals surface area contributed by atoms with Gasteiger partial charge in [0.2, 0.25) is 10.0 Å². The van der Waals surface area contributed by atoms with Crippen LogP contribution in [0.2, 0.25) is 0 Å². The molecule has 0 radical (unpaired) electrons. The van der Waals surface area contributed by atoms with Crippen molar-refractivity contribution in [2.24, 2.45) is 0 Å². The molecule has 6 heteroatoms. The van der Waals surface area contributed by atoms with Gasteiger partial charge in [-0.05, 0) is 64.6 Å². The minimum absolute atomic E-state index is 0.197. The third kappa shape index (κ3) is 2.74. The lowest BCUT2D eigenvalue weighted by molar-refractivity contribution is 0.414. The van der Waals surface area contributed by atoms with Gasteiger partial charge in [0.1, 0.15) is 5.75 Å². The van der Waals surface area contributed by atoms with Crippen LogP contribution in [0.25, 0.3) is 10.8 Å². The molecule has 28 heavy (non-hydrogen) atoms. The molecule has 0 aromatic heterocycles. The van der Waals surface area contributed by atoms with Gasteiger partial charge in [0, 0.05) is 12.3 Å². The van der Waals surface area contributed by atoms with Crippen LogP contribution in [-0.4, -0.2) is 32.1 Å². The molecule has 5 rings (SSSR count). The van der Waals surface area contributed by atoms with Gasteiger partial charge in [-0.15, -0.1) is 11.8 Å². The van der Waals surface area contributed by atoms with Crippen LogP contribution in [0.5, 0.6) is 5.75 Å². The highest BCUT2D eigenvalue weighted by Crippen LogP contribution is 2.45. The number of aryl methyl sites for hydroxylation is 2. The Bertz CT molecular complexity index is 1150. The second-order valence-corrected chi connectivity index (χ2v) is 10.2. The summed E-state index contributed by atoms with van der Waals surface area (Å²) in [5.41, 5.74) is 3.85. The Labute approximate surface area is 169 Å². The molecule has 0 unspecified atom stereocenters. The number of rotatable bonds is 4. The first kappa shape index (κ1) is 18.0. The van der Waals surface area contributed by atoms with Crippen molar-refractivity contribution in [2.45, 2.75) is 23.1 Å². The van der Waals surface area contributed by atoms with Crippen LogP contribution in [0.3, 0.4) is 0 Å². The molecule has 1 saturated heterocycles. The Balaban J connectivity index is 1.59. The molecule has 1 aliphatic carbocycles. The zero-order valence-electron chi connectivity index (χ0n) is 15.6. The second kappa shape index (κ2) is 6.79. The van der Waals surface area contributed by atoms with Crippen molar-refractivity contribution in [2.75, 3.05) is 19.4 Å². The number of hydrogen-bond acceptors (Lipinski definition) is 4. The van der Waals surface area contributed by atoms with Crippen LogP contribution < -0.4 is 4.74 Å². The quantitative estimate of drug-likeness (QED) is 0.639. The summed E-state index contributed by atoms with van der Waals surface area (Å²) < 4.78 is 33.6. The van der Waals surface area contributed by atoms with Gasteiger partial charge in [0.05, 0.1) is 17.4 Å². The number of ether oxygens (including phenoxy) is 1. The topological polar surface area (TPSA) is 46.6 Å². The summed E-state index contributed by atoms with van der Waals surface area (Å²) in [6, 6.07) is 17.4. The predicted octanol–water partition coefficient (Wildman–Crippen LogP) is 4.38. The van der Waals surface area contributed by atoms with Crippen molar-refractivity contribution < 1.29 is 13.2 Å². The van der Waals surface area contributed by atoms with E-state index in [9.17, 15) is 8.42 Å². The summed E-state index contributed by atoms with van der Waals surface area (Å²) in [5, 5.41) is 2.33. The monoisotopic (exact) mass is 411 g/mol. The Morgan fingerprint density at radius 1 is 1.00 bits per heavy atom. The number of benzene rings is 3. The van der Waals surface area contributed by atoms with Crippen LogP contribution >= 0.6 is 11.8 Å². The summed E-state index contributed by atoms with van der Waals surface area (Å²) >= 11 is 1.70. The summed E-state index contributed by atoms with van der Waals surface area (Å²) in [4.78, 5) is 0.312. The van der Waals surface area contributed by atoms with Crippen molar-refractivity contribution in [3.63, 3.8) is 0 Å². The van der Waals surface area contributed by atoms with Crippen LogP contribution in [-0.2, 0) is 22.9 Å². The Morgan fingerprint density at radius 3 is 2.50 bits per heavy atom. The molecule has 4 nitrogen and oxygen atoms in total. The molecule has 0 bridgehead atoms. The lowest BCUT2D eigenvalue weighted by Crippen LogP contribution is -2.30. The van der Waals surface area contributed by atoms with Gasteiger partial charge in [-0.2, -0.15) is 4.31 Å². The second-order valence-electron chi connectivity index (χ2n) is 7.17. The first-order valence-electron chi connectivity index (χ1n) is 9.40. The molecule has 3 aromatic carbocycles. The van der Waals surface area contributed by atoms with E-state index in [4.69, 9.17) is 4.74 Å². The van der Waals surface area contributed by atoms with E-state index in [1.54, 1.807) is 47.4 Å². The first-order chi connectivity index (χ1) is 13.6. The van der Waals surface area contributed by atoms with Crippen LogP contribution in [0.4, 0.5) is 0 Å². The Morgan fingerprint density at radius 2 is 1.75 bits per heavy atom. The maximum atomic E-state index is 13.4. The predicted molar refractivity (Wildman–Crippen MR) is 113 cm³/mol. The maximum absolute atomic E-state index is 13.4. The van der Waals surface area contributed by atoms with Crippen LogP contribution in [0.1, 0.15) is 22.1 Å². The van der Waals surface area contributed by atoms with E-state index >= 15 is 0 Å². The highest BCUT2D eigenvalue weighted by Gasteiger charge is 2.38. The Hall–Kier alpha value is -2.02. The average molecular weight is 412 g/mol. The van der Waals surface area contributed by atoms with E-state index in [2.05, 4.69) is 30.3 Å². The molecule has 0 amide bonds. The van der Waals surface area contributed by atoms with E-state index < -0.39 is 10.0 Å². The van der Waals surface area contributed by atoms with Crippen molar-refractivity contribution in [3.05, 3.63) is 71.3 Å². The highest BCUT2D eigenvalue weighted by atomic mass is 32.2. The fourth-order valence-electron chi connectivity index (χ4n) is 4.31. The molecule has 3 aromatic rings. The summed E-state index contributed by atoms with van der Waals surface area (Å²) in [6.07, 6.45) is 2.14. The standard InChI is InChI=1S/C22H21NO3S2/c1-26-17-8-10-18(11-9-17)28(24,25)23-13-14-27-22(23)20-12-7-16-6-5-15-3-2-4-19(20)21(15)16/h2-4,7-12,22H,5-6,13-14H2,1H3/t22-/m0/s1. The molecule has 144 valence electrons. The fourth-order valence-corrected chi connectivity index (χ4v) is 7.58. The molecule has 1 atom stereocenters. The molecule has 1 fully saturated rings. The van der Waals surface area contributed by atoms with E-state index in [-0.39, 0.29) is 5.37 Å². The summed E-state index contributed by atoms with van der Waals surface area (Å²) in [6.45, 7) is 0.520. The lowest BCUT2D eigenvalue weighted by atomic mass is 10.00. The highest BCUT2D eigenvalue weighted by molar-refractivity contribution is 8.01. The SMILES string of the molecule is COc1ccc(S(=O)(=O)N2CCS[C@H]2c2ccc3c4c(cccc24)CC3)cc1. The molecule has 1 aliphatic heterocycles. The molecular formula is C22H21NO3S2. The van der Waals surface area contributed by atoms with Gasteiger partial charge in [-0.3, -0.25) is 0 Å². The largest absolute Gasteiger partial charge is 0.497 e. The average Bonchev–Trinajstić information content (AvgIpc) is 3.37. The smallest absolute Gasteiger partial charge is 0.244 e. The van der Waals surface area contributed by atoms with E-state index in [1.165, 1.54) is 21.9 Å². The number of methoxy groups -OCH3 is 1. The van der Waals surface area contributed by atoms with Gasteiger partial charge < -0.3 is 4.74 Å². The molecule has 0 N–H and O–H groups in total. The van der Waals surface area contributed by atoms with E-state index in [1.807, 2.05) is 0 Å². The molecule has 2 aliphatic rings. The zero-order valence-corrected chi connectivity index (χ0v) is 17.2. The molecular weight excluding hydrogens is 390 g/mol. The van der Waals surface area contributed by atoms with Crippen LogP contribution in [0.15, 0.2) is 59.5 Å². The fraction of sp³-hybridized carbons (Fsp3) is 0.273. The first-order valence-corrected chi connectivity index (χ1v) is 11.9. The zero-order chi connectivity index (χ0) is 19.3. The van der Waals surface area contributed by atoms with Crippen LogP contribution in [0, 0.1) is 0 Å². The summed E-state index contributed by atoms with van der Waals surface area (Å²) in [5.74, 6) is 1.45. The number of sulfonamides is 1. The van der Waals surface area contributed by atoms with Crippen molar-refractivity contribution in [1.82, 2.24) is 4.31 Å². The van der Waals surface area contributed by atoms with Gasteiger partial charge in [-0.25, -0.2) is 8.42 Å². The number of thioether (sulfide) groups is 1. The molecule has 0 saturated carbocycles. The third-order valence-electron chi connectivity index (χ3n) is 5.69. The Kier molecular flexibility index (Phi) is 4.38. The minimum atomic E-state index is -3.58. The van der Waals surface area contributed by atoms with E-state index in [0.717, 1.165) is 24.2 Å². The third-order valence-corrected chi connectivity index (χ3v) is 8.95. The van der Waals surface area contributed by atoms with E-state index in [0.29, 0.717) is 17.2 Å². The van der Waals surface area contributed by atoms with Gasteiger partial charge >= 0.3 is 0 Å². The molecule has 0 spiro atoms. The van der Waals surface area contributed by atoms with Gasteiger partial charge in [0.25, 0.3) is 0 Å². The molecule has 1 heterocycles. The number of nitrogens with zero attached hydrogens (tertiary/aromatic N) is 1. The van der Waals surface area contributed by atoms with Gasteiger partial charge in [-0.1, -0.05) is 30.3 Å². The minimum Gasteiger partial charge on any atom is -0.497 e. The van der Waals surface area contributed by atoms with Crippen molar-refractivity contribution in [1.29, 1.82) is 0 Å². The maximum Gasteiger partial charge on any atom is 0.244 e. The summed E-state index contributed by atoms with van der Waals surface area (Å²) in [7, 11) is -2.00. The lowest BCUT2D eigenvalue weighted by Gasteiger charge is -2.25. The van der Waals surface area contributed by atoms with Gasteiger partial charge in [0.15, 0.2) is 0 Å². The number of hydrogen-bond donors (Lipinski definition) is 0. The van der Waals surface area contributed by atoms with Crippen molar-refractivity contribution >= 4 is 32.6 Å².